The molecule has 1 aromatic rings. The number of aliphatic hydroxyl groups is 1. The predicted octanol–water partition coefficient (Wildman–Crippen LogP) is 2.33. The van der Waals surface area contributed by atoms with Crippen molar-refractivity contribution in [3.8, 4) is 0 Å². The molecule has 3 N–H and O–H groups in total. The number of benzene rings is 1. The molecule has 0 bridgehead atoms. The van der Waals surface area contributed by atoms with Gasteiger partial charge >= 0.3 is 0 Å². The third kappa shape index (κ3) is 6.06. The number of halogens is 1. The summed E-state index contributed by atoms with van der Waals surface area (Å²) in [5.41, 5.74) is 1.48. The fraction of sp³-hybridized carbons (Fsp3) is 0.682. The molecule has 7 heteroatoms. The number of anilines is 1. The molecule has 0 spiro atoms. The number of hydrogen-bond acceptors (Lipinski definition) is 4. The zero-order valence-electron chi connectivity index (χ0n) is 17.8. The number of hydrogen-bond donors (Lipinski definition) is 3. The van der Waals surface area contributed by atoms with Crippen LogP contribution in [0.15, 0.2) is 23.2 Å². The molecule has 0 saturated carbocycles. The Morgan fingerprint density at radius 1 is 1.17 bits per heavy atom. The number of guanidine groups is 1. The average molecular weight is 406 g/mol. The average Bonchev–Trinajstić information content (AvgIpc) is 3.18. The summed E-state index contributed by atoms with van der Waals surface area (Å²) in [5, 5.41) is 16.4. The minimum Gasteiger partial charge on any atom is -0.393 e. The van der Waals surface area contributed by atoms with Crippen molar-refractivity contribution in [2.24, 2.45) is 4.99 Å². The van der Waals surface area contributed by atoms with Gasteiger partial charge in [-0.15, -0.1) is 0 Å². The van der Waals surface area contributed by atoms with Gasteiger partial charge in [-0.05, 0) is 63.4 Å². The third-order valence-corrected chi connectivity index (χ3v) is 5.99. The Kier molecular flexibility index (Phi) is 8.12. The number of piperidine rings is 1. The van der Waals surface area contributed by atoms with Gasteiger partial charge < -0.3 is 20.6 Å². The van der Waals surface area contributed by atoms with Crippen LogP contribution in [0, 0.1) is 5.82 Å². The maximum atomic E-state index is 14.6. The molecule has 2 aliphatic heterocycles. The van der Waals surface area contributed by atoms with Crippen LogP contribution in [0.5, 0.6) is 0 Å². The molecule has 1 unspecified atom stereocenters. The van der Waals surface area contributed by atoms with Crippen LogP contribution in [0.25, 0.3) is 0 Å². The Hall–Kier alpha value is -1.86. The van der Waals surface area contributed by atoms with E-state index in [4.69, 9.17) is 0 Å². The van der Waals surface area contributed by atoms with Gasteiger partial charge in [-0.2, -0.15) is 0 Å². The lowest BCUT2D eigenvalue weighted by atomic mass is 10.1. The van der Waals surface area contributed by atoms with E-state index >= 15 is 0 Å². The fourth-order valence-corrected chi connectivity index (χ4v) is 4.28. The quantitative estimate of drug-likeness (QED) is 0.480. The summed E-state index contributed by atoms with van der Waals surface area (Å²) < 4.78 is 14.6. The van der Waals surface area contributed by atoms with Crippen molar-refractivity contribution in [1.29, 1.82) is 0 Å². The van der Waals surface area contributed by atoms with Crippen molar-refractivity contribution in [3.05, 3.63) is 29.6 Å². The number of nitrogens with one attached hydrogen (secondary N) is 2. The van der Waals surface area contributed by atoms with Crippen molar-refractivity contribution in [2.45, 2.75) is 58.2 Å². The van der Waals surface area contributed by atoms with Crippen LogP contribution in [-0.2, 0) is 6.54 Å². The van der Waals surface area contributed by atoms with Crippen molar-refractivity contribution >= 4 is 11.6 Å². The zero-order valence-corrected chi connectivity index (χ0v) is 17.8. The number of likely N-dealkylation sites (tertiary alicyclic amines) is 1. The van der Waals surface area contributed by atoms with E-state index in [9.17, 15) is 9.50 Å². The Bertz CT molecular complexity index is 675. The molecule has 29 heavy (non-hydrogen) atoms. The van der Waals surface area contributed by atoms with Crippen LogP contribution < -0.4 is 15.5 Å². The van der Waals surface area contributed by atoms with Crippen LogP contribution in [0.1, 0.15) is 45.1 Å². The summed E-state index contributed by atoms with van der Waals surface area (Å²) in [6.07, 6.45) is 3.61. The molecule has 2 saturated heterocycles. The maximum absolute atomic E-state index is 14.6. The second-order valence-electron chi connectivity index (χ2n) is 8.00. The first-order valence-electron chi connectivity index (χ1n) is 11.1. The van der Waals surface area contributed by atoms with E-state index in [0.717, 1.165) is 31.2 Å². The molecule has 0 amide bonds. The van der Waals surface area contributed by atoms with Gasteiger partial charge in [-0.3, -0.25) is 4.90 Å². The van der Waals surface area contributed by atoms with Crippen molar-refractivity contribution < 1.29 is 9.50 Å². The molecular formula is C22H36FN5O. The van der Waals surface area contributed by atoms with E-state index in [0.29, 0.717) is 44.2 Å². The number of nitrogens with zero attached hydrogens (tertiary/aromatic N) is 3. The van der Waals surface area contributed by atoms with Gasteiger partial charge in [0.15, 0.2) is 5.96 Å². The number of aliphatic hydroxyl groups excluding tert-OH is 1. The normalized spacial score (nSPS) is 21.6. The van der Waals surface area contributed by atoms with Crippen LogP contribution in [0.4, 0.5) is 10.1 Å². The van der Waals surface area contributed by atoms with Crippen molar-refractivity contribution in [3.63, 3.8) is 0 Å². The minimum absolute atomic E-state index is 0.211. The van der Waals surface area contributed by atoms with Gasteiger partial charge in [0.1, 0.15) is 5.82 Å². The molecule has 0 aromatic heterocycles. The van der Waals surface area contributed by atoms with Gasteiger partial charge in [0.2, 0.25) is 0 Å². The lowest BCUT2D eigenvalue weighted by Gasteiger charge is -2.31. The number of aliphatic imine (C=N–C) groups is 1. The molecule has 1 aromatic carbocycles. The minimum atomic E-state index is -0.256. The second kappa shape index (κ2) is 10.8. The van der Waals surface area contributed by atoms with E-state index in [1.165, 1.54) is 19.4 Å². The van der Waals surface area contributed by atoms with E-state index in [2.05, 4.69) is 34.4 Å². The first-order valence-corrected chi connectivity index (χ1v) is 11.1. The number of rotatable bonds is 7. The highest BCUT2D eigenvalue weighted by molar-refractivity contribution is 5.79. The second-order valence-corrected chi connectivity index (χ2v) is 8.00. The van der Waals surface area contributed by atoms with Gasteiger partial charge in [-0.1, -0.05) is 13.0 Å². The van der Waals surface area contributed by atoms with Gasteiger partial charge in [0, 0.05) is 32.2 Å². The monoisotopic (exact) mass is 405 g/mol. The molecule has 3 rings (SSSR count). The van der Waals surface area contributed by atoms with Crippen LogP contribution >= 0.6 is 0 Å². The molecule has 0 radical (unpaired) electrons. The topological polar surface area (TPSA) is 63.1 Å². The van der Waals surface area contributed by atoms with Gasteiger partial charge in [-0.25, -0.2) is 9.38 Å². The van der Waals surface area contributed by atoms with Gasteiger partial charge in [0.05, 0.1) is 18.3 Å². The fourth-order valence-electron chi connectivity index (χ4n) is 4.28. The van der Waals surface area contributed by atoms with Crippen molar-refractivity contribution in [2.75, 3.05) is 44.2 Å². The summed E-state index contributed by atoms with van der Waals surface area (Å²) in [6.45, 7) is 10.0. The molecule has 0 aliphatic carbocycles. The predicted molar refractivity (Wildman–Crippen MR) is 117 cm³/mol. The molecule has 162 valence electrons. The Morgan fingerprint density at radius 2 is 1.97 bits per heavy atom. The molecule has 6 nitrogen and oxygen atoms in total. The summed E-state index contributed by atoms with van der Waals surface area (Å²) in [5.74, 6) is 0.571. The number of likely N-dealkylation sites (N-methyl/N-ethyl adjacent to an activating group) is 1. The first-order chi connectivity index (χ1) is 14.1. The standard InChI is InChI=1S/C22H36FN5O/c1-3-24-22(26-16-18-6-5-11-27(18)4-2)25-15-17-7-8-21(20(23)14-17)28-12-9-19(29)10-13-28/h7-8,14,18-19,29H,3-6,9-13,15-16H2,1-2H3,(H2,24,25,26). The highest BCUT2D eigenvalue weighted by Crippen LogP contribution is 2.24. The summed E-state index contributed by atoms with van der Waals surface area (Å²) >= 11 is 0. The first kappa shape index (κ1) is 21.8. The molecule has 2 heterocycles. The van der Waals surface area contributed by atoms with Crippen LogP contribution in [0.2, 0.25) is 0 Å². The molecule has 1 atom stereocenters. The van der Waals surface area contributed by atoms with Crippen LogP contribution in [-0.4, -0.2) is 67.4 Å². The third-order valence-electron chi connectivity index (χ3n) is 5.99. The highest BCUT2D eigenvalue weighted by atomic mass is 19.1. The van der Waals surface area contributed by atoms with E-state index in [1.54, 1.807) is 6.07 Å². The summed E-state index contributed by atoms with van der Waals surface area (Å²) in [4.78, 5) is 9.17. The Labute approximate surface area is 174 Å². The SMILES string of the molecule is CCNC(=NCc1ccc(N2CCC(O)CC2)c(F)c1)NCC1CCCN1CC. The van der Waals surface area contributed by atoms with E-state index in [1.807, 2.05) is 17.0 Å². The molecular weight excluding hydrogens is 369 g/mol. The lowest BCUT2D eigenvalue weighted by Crippen LogP contribution is -2.44. The maximum Gasteiger partial charge on any atom is 0.191 e. The Balaban J connectivity index is 1.57. The summed E-state index contributed by atoms with van der Waals surface area (Å²) in [7, 11) is 0. The highest BCUT2D eigenvalue weighted by Gasteiger charge is 2.23. The Morgan fingerprint density at radius 3 is 2.66 bits per heavy atom. The van der Waals surface area contributed by atoms with Gasteiger partial charge in [0.25, 0.3) is 0 Å². The summed E-state index contributed by atoms with van der Waals surface area (Å²) in [6, 6.07) is 5.94. The molecule has 2 aliphatic rings. The lowest BCUT2D eigenvalue weighted by molar-refractivity contribution is 0.145. The smallest absolute Gasteiger partial charge is 0.191 e. The van der Waals surface area contributed by atoms with E-state index < -0.39 is 0 Å². The van der Waals surface area contributed by atoms with E-state index in [-0.39, 0.29) is 11.9 Å². The zero-order chi connectivity index (χ0) is 20.6. The van der Waals surface area contributed by atoms with Crippen molar-refractivity contribution in [1.82, 2.24) is 15.5 Å². The largest absolute Gasteiger partial charge is 0.393 e. The van der Waals surface area contributed by atoms with Crippen LogP contribution in [0.3, 0.4) is 0 Å². The molecule has 2 fully saturated rings.